The highest BCUT2D eigenvalue weighted by molar-refractivity contribution is 6.30. The van der Waals surface area contributed by atoms with E-state index < -0.39 is 0 Å². The molecule has 10 aromatic carbocycles. The lowest BCUT2D eigenvalue weighted by Crippen LogP contribution is -1.94. The van der Waals surface area contributed by atoms with Gasteiger partial charge < -0.3 is 13.4 Å². The minimum absolute atomic E-state index is 0.800. The predicted molar refractivity (Wildman–Crippen MR) is 255 cm³/mol. The van der Waals surface area contributed by atoms with Crippen LogP contribution in [-0.2, 0) is 0 Å². The number of hydrogen-bond acceptors (Lipinski definition) is 2. The fourth-order valence-corrected chi connectivity index (χ4v) is 10.1. The normalized spacial score (nSPS) is 11.9. The van der Waals surface area contributed by atoms with Crippen molar-refractivity contribution in [1.82, 2.24) is 4.57 Å². The first-order valence-corrected chi connectivity index (χ1v) is 20.9. The molecule has 61 heavy (non-hydrogen) atoms. The van der Waals surface area contributed by atoms with Gasteiger partial charge in [-0.2, -0.15) is 0 Å². The first-order chi connectivity index (χ1) is 30.3. The number of benzene rings is 10. The van der Waals surface area contributed by atoms with Gasteiger partial charge in [0, 0.05) is 38.4 Å². The fourth-order valence-electron chi connectivity index (χ4n) is 10.1. The molecular weight excluding hydrogens is 743 g/mol. The Balaban J connectivity index is 1.12. The van der Waals surface area contributed by atoms with E-state index in [0.29, 0.717) is 0 Å². The van der Waals surface area contributed by atoms with Gasteiger partial charge >= 0.3 is 0 Å². The average molecular weight is 778 g/mol. The number of fused-ring (bicyclic) bond motifs is 10. The molecule has 0 atom stereocenters. The molecule has 3 heteroatoms. The van der Waals surface area contributed by atoms with Crippen molar-refractivity contribution in [3.8, 4) is 50.4 Å². The molecule has 0 aliphatic carbocycles. The highest BCUT2D eigenvalue weighted by Gasteiger charge is 2.26. The number of furan rings is 2. The highest BCUT2D eigenvalue weighted by Crippen LogP contribution is 2.51. The first-order valence-electron chi connectivity index (χ1n) is 20.9. The van der Waals surface area contributed by atoms with Crippen LogP contribution in [0.2, 0.25) is 0 Å². The van der Waals surface area contributed by atoms with E-state index in [1.165, 1.54) is 60.0 Å². The fraction of sp³-hybridized carbons (Fsp3) is 0. The number of nitrogens with zero attached hydrogens (tertiary/aromatic N) is 1. The topological polar surface area (TPSA) is 31.2 Å². The maximum absolute atomic E-state index is 7.02. The van der Waals surface area contributed by atoms with E-state index in [9.17, 15) is 0 Å². The van der Waals surface area contributed by atoms with Crippen LogP contribution in [0.5, 0.6) is 0 Å². The van der Waals surface area contributed by atoms with Gasteiger partial charge in [0.1, 0.15) is 22.5 Å². The van der Waals surface area contributed by atoms with Crippen LogP contribution in [0.25, 0.3) is 127 Å². The van der Waals surface area contributed by atoms with E-state index in [0.717, 1.165) is 66.6 Å². The minimum atomic E-state index is 0.800. The zero-order valence-electron chi connectivity index (χ0n) is 33.0. The van der Waals surface area contributed by atoms with Crippen molar-refractivity contribution in [2.75, 3.05) is 0 Å². The summed E-state index contributed by atoms with van der Waals surface area (Å²) in [5, 5.41) is 10.4. The molecule has 3 heterocycles. The summed E-state index contributed by atoms with van der Waals surface area (Å²) in [4.78, 5) is 0. The Bertz CT molecular complexity index is 3800. The third-order valence-electron chi connectivity index (χ3n) is 12.6. The molecule has 0 radical (unpaired) electrons. The molecule has 0 aliphatic rings. The molecule has 0 spiro atoms. The van der Waals surface area contributed by atoms with Crippen LogP contribution in [0, 0.1) is 0 Å². The van der Waals surface area contributed by atoms with Crippen LogP contribution in [0.15, 0.2) is 221 Å². The van der Waals surface area contributed by atoms with Gasteiger partial charge in [-0.15, -0.1) is 0 Å². The van der Waals surface area contributed by atoms with Gasteiger partial charge in [-0.1, -0.05) is 170 Å². The molecular formula is C58H35NO2. The summed E-state index contributed by atoms with van der Waals surface area (Å²) in [6, 6.07) is 75.9. The molecule has 0 aliphatic heterocycles. The van der Waals surface area contributed by atoms with Gasteiger partial charge in [-0.05, 0) is 91.8 Å². The summed E-state index contributed by atoms with van der Waals surface area (Å²) in [7, 11) is 0. The van der Waals surface area contributed by atoms with Crippen LogP contribution < -0.4 is 0 Å². The summed E-state index contributed by atoms with van der Waals surface area (Å²) in [5.74, 6) is 0.837. The highest BCUT2D eigenvalue weighted by atomic mass is 16.3. The SMILES string of the molecule is c1ccc(-c2oc3ccc4c(oc5cccc(-c6c7ccccc7c(-c7cccc8c7c7ccccc7n8-c7ccccc7)c7ccccc67)c54)c3c2-c2ccccc2)cc1. The number of para-hydroxylation sites is 2. The molecule has 13 aromatic rings. The van der Waals surface area contributed by atoms with Crippen molar-refractivity contribution in [1.29, 1.82) is 0 Å². The van der Waals surface area contributed by atoms with Gasteiger partial charge in [0.25, 0.3) is 0 Å². The molecule has 284 valence electrons. The third-order valence-corrected chi connectivity index (χ3v) is 12.6. The summed E-state index contributed by atoms with van der Waals surface area (Å²) >= 11 is 0. The van der Waals surface area contributed by atoms with E-state index in [4.69, 9.17) is 8.83 Å². The second kappa shape index (κ2) is 13.2. The lowest BCUT2D eigenvalue weighted by Gasteiger charge is -2.19. The summed E-state index contributed by atoms with van der Waals surface area (Å²) in [6.45, 7) is 0. The zero-order chi connectivity index (χ0) is 40.0. The molecule has 0 bridgehead atoms. The maximum Gasteiger partial charge on any atom is 0.147 e. The van der Waals surface area contributed by atoms with Gasteiger partial charge in [-0.25, -0.2) is 0 Å². The molecule has 0 N–H and O–H groups in total. The Kier molecular flexibility index (Phi) is 7.31. The Hall–Kier alpha value is -8.14. The second-order valence-corrected chi connectivity index (χ2v) is 15.9. The van der Waals surface area contributed by atoms with Crippen LogP contribution in [0.1, 0.15) is 0 Å². The van der Waals surface area contributed by atoms with Crippen molar-refractivity contribution in [3.63, 3.8) is 0 Å². The van der Waals surface area contributed by atoms with E-state index >= 15 is 0 Å². The summed E-state index contributed by atoms with van der Waals surface area (Å²) in [5.41, 5.74) is 14.0. The van der Waals surface area contributed by atoms with Crippen molar-refractivity contribution >= 4 is 76.3 Å². The molecule has 0 saturated heterocycles. The molecule has 3 aromatic heterocycles. The summed E-state index contributed by atoms with van der Waals surface area (Å²) < 4.78 is 16.2. The van der Waals surface area contributed by atoms with E-state index in [2.05, 4.69) is 211 Å². The summed E-state index contributed by atoms with van der Waals surface area (Å²) in [6.07, 6.45) is 0. The number of rotatable bonds is 5. The minimum Gasteiger partial charge on any atom is -0.455 e. The van der Waals surface area contributed by atoms with Crippen LogP contribution in [-0.4, -0.2) is 4.57 Å². The van der Waals surface area contributed by atoms with Gasteiger partial charge in [0.15, 0.2) is 0 Å². The van der Waals surface area contributed by atoms with Crippen molar-refractivity contribution in [3.05, 3.63) is 212 Å². The monoisotopic (exact) mass is 777 g/mol. The Morgan fingerprint density at radius 2 is 0.803 bits per heavy atom. The molecule has 3 nitrogen and oxygen atoms in total. The Labute approximate surface area is 350 Å². The van der Waals surface area contributed by atoms with Crippen molar-refractivity contribution in [2.24, 2.45) is 0 Å². The zero-order valence-corrected chi connectivity index (χ0v) is 33.0. The van der Waals surface area contributed by atoms with Gasteiger partial charge in [0.2, 0.25) is 0 Å². The smallest absolute Gasteiger partial charge is 0.147 e. The van der Waals surface area contributed by atoms with E-state index in [-0.39, 0.29) is 0 Å². The average Bonchev–Trinajstić information content (AvgIpc) is 4.02. The number of aromatic nitrogens is 1. The van der Waals surface area contributed by atoms with E-state index in [1.54, 1.807) is 0 Å². The second-order valence-electron chi connectivity index (χ2n) is 15.9. The molecule has 0 amide bonds. The van der Waals surface area contributed by atoms with Crippen molar-refractivity contribution in [2.45, 2.75) is 0 Å². The first kappa shape index (κ1) is 33.8. The standard InChI is InChI=1S/C58H35NO2/c1-4-18-36(19-5-1)51-56-50(60-57(51)37-20-6-2-7-21-37)35-34-46-55-45(30-17-33-49(55)61-58(46)56)53-41-26-12-10-24-39(41)52(40-25-11-13-27-42(40)53)44-29-16-32-48-54(44)43-28-14-15-31-47(43)59(48)38-22-8-3-9-23-38/h1-35H. The quantitative estimate of drug-likeness (QED) is 0.163. The number of hydrogen-bond donors (Lipinski definition) is 0. The van der Waals surface area contributed by atoms with Gasteiger partial charge in [0.05, 0.1) is 16.4 Å². The predicted octanol–water partition coefficient (Wildman–Crippen LogP) is 16.4. The Morgan fingerprint density at radius 3 is 1.46 bits per heavy atom. The van der Waals surface area contributed by atoms with E-state index in [1.807, 2.05) is 6.07 Å². The van der Waals surface area contributed by atoms with Crippen LogP contribution >= 0.6 is 0 Å². The lowest BCUT2D eigenvalue weighted by molar-refractivity contribution is 0.631. The lowest BCUT2D eigenvalue weighted by atomic mass is 9.84. The molecule has 0 saturated carbocycles. The molecule has 0 unspecified atom stereocenters. The molecule has 13 rings (SSSR count). The maximum atomic E-state index is 7.02. The van der Waals surface area contributed by atoms with Gasteiger partial charge in [-0.3, -0.25) is 0 Å². The Morgan fingerprint density at radius 1 is 0.295 bits per heavy atom. The third kappa shape index (κ3) is 4.92. The van der Waals surface area contributed by atoms with Crippen LogP contribution in [0.4, 0.5) is 0 Å². The largest absolute Gasteiger partial charge is 0.455 e. The van der Waals surface area contributed by atoms with Crippen molar-refractivity contribution < 1.29 is 8.83 Å². The molecule has 0 fully saturated rings. The van der Waals surface area contributed by atoms with Crippen LogP contribution in [0.3, 0.4) is 0 Å².